The molecule has 0 spiro atoms. The zero-order chi connectivity index (χ0) is 25.2. The molecule has 2 N–H and O–H groups in total. The molecule has 7 nitrogen and oxygen atoms in total. The lowest BCUT2D eigenvalue weighted by molar-refractivity contribution is -0.113. The molecule has 8 heteroatoms. The van der Waals surface area contributed by atoms with Gasteiger partial charge >= 0.3 is 0 Å². The summed E-state index contributed by atoms with van der Waals surface area (Å²) in [5.74, 6) is 0.650. The number of nitrogens with one attached hydrogen (secondary N) is 2. The van der Waals surface area contributed by atoms with Crippen molar-refractivity contribution < 1.29 is 9.53 Å². The number of anilines is 1. The van der Waals surface area contributed by atoms with Crippen LogP contribution in [0.2, 0.25) is 0 Å². The highest BCUT2D eigenvalue weighted by molar-refractivity contribution is 7.99. The van der Waals surface area contributed by atoms with Gasteiger partial charge in [0.2, 0.25) is 5.91 Å². The topological polar surface area (TPSA) is 89.0 Å². The highest BCUT2D eigenvalue weighted by Gasteiger charge is 2.18. The maximum Gasteiger partial charge on any atom is 0.283 e. The Hall–Kier alpha value is -4.04. The summed E-state index contributed by atoms with van der Waals surface area (Å²) < 4.78 is 7.10. The minimum atomic E-state index is -0.224. The van der Waals surface area contributed by atoms with E-state index < -0.39 is 0 Å². The Bertz CT molecular complexity index is 1620. The third-order valence-corrected chi connectivity index (χ3v) is 6.68. The van der Waals surface area contributed by atoms with E-state index in [4.69, 9.17) is 9.72 Å². The molecule has 0 atom stereocenters. The van der Waals surface area contributed by atoms with E-state index in [1.807, 2.05) is 81.4 Å². The number of aromatic nitrogens is 3. The molecule has 0 unspecified atom stereocenters. The molecular formula is C28H26N4O3S. The molecule has 5 aromatic rings. The summed E-state index contributed by atoms with van der Waals surface area (Å²) in [5.41, 5.74) is 5.19. The Morgan fingerprint density at radius 2 is 1.78 bits per heavy atom. The molecule has 0 saturated carbocycles. The van der Waals surface area contributed by atoms with Crippen molar-refractivity contribution in [2.75, 3.05) is 17.7 Å². The summed E-state index contributed by atoms with van der Waals surface area (Å²) in [6.07, 6.45) is 0. The largest absolute Gasteiger partial charge is 0.494 e. The highest BCUT2D eigenvalue weighted by Crippen LogP contribution is 2.27. The Morgan fingerprint density at radius 3 is 2.50 bits per heavy atom. The Morgan fingerprint density at radius 1 is 1.06 bits per heavy atom. The Balaban J connectivity index is 1.53. The number of fused-ring (bicyclic) bond motifs is 3. The van der Waals surface area contributed by atoms with Crippen LogP contribution in [0.15, 0.2) is 76.7 Å². The molecular weight excluding hydrogens is 472 g/mol. The molecule has 1 amide bonds. The van der Waals surface area contributed by atoms with Crippen molar-refractivity contribution in [3.8, 4) is 11.4 Å². The van der Waals surface area contributed by atoms with Gasteiger partial charge in [-0.3, -0.25) is 14.2 Å². The van der Waals surface area contributed by atoms with Crippen molar-refractivity contribution in [1.29, 1.82) is 0 Å². The maximum absolute atomic E-state index is 13.7. The molecule has 0 fully saturated rings. The van der Waals surface area contributed by atoms with E-state index in [1.54, 1.807) is 4.57 Å². The molecule has 0 aliphatic rings. The molecule has 0 saturated heterocycles. The monoisotopic (exact) mass is 498 g/mol. The van der Waals surface area contributed by atoms with E-state index in [1.165, 1.54) is 11.8 Å². The number of hydrogen-bond acceptors (Lipinski definition) is 5. The van der Waals surface area contributed by atoms with Crippen LogP contribution in [-0.4, -0.2) is 32.8 Å². The van der Waals surface area contributed by atoms with Crippen molar-refractivity contribution in [1.82, 2.24) is 14.5 Å². The van der Waals surface area contributed by atoms with Crippen molar-refractivity contribution in [3.05, 3.63) is 88.2 Å². The normalized spacial score (nSPS) is 11.2. The number of hydrogen-bond donors (Lipinski definition) is 2. The predicted octanol–water partition coefficient (Wildman–Crippen LogP) is 5.61. The van der Waals surface area contributed by atoms with Crippen LogP contribution in [0.3, 0.4) is 0 Å². The fraction of sp³-hybridized carbons (Fsp3) is 0.179. The van der Waals surface area contributed by atoms with Gasteiger partial charge in [-0.1, -0.05) is 36.0 Å². The van der Waals surface area contributed by atoms with Gasteiger partial charge in [-0.25, -0.2) is 4.98 Å². The highest BCUT2D eigenvalue weighted by atomic mass is 32.2. The van der Waals surface area contributed by atoms with Gasteiger partial charge < -0.3 is 15.0 Å². The van der Waals surface area contributed by atoms with Crippen LogP contribution in [0, 0.1) is 13.8 Å². The average molecular weight is 499 g/mol. The Labute approximate surface area is 212 Å². The zero-order valence-corrected chi connectivity index (χ0v) is 21.1. The van der Waals surface area contributed by atoms with Crippen molar-refractivity contribution >= 4 is 45.3 Å². The molecule has 182 valence electrons. The van der Waals surface area contributed by atoms with Gasteiger partial charge in [-0.05, 0) is 74.4 Å². The lowest BCUT2D eigenvalue weighted by atomic mass is 10.1. The zero-order valence-electron chi connectivity index (χ0n) is 20.3. The van der Waals surface area contributed by atoms with Crippen molar-refractivity contribution in [2.24, 2.45) is 0 Å². The molecule has 36 heavy (non-hydrogen) atoms. The van der Waals surface area contributed by atoms with Crippen LogP contribution in [0.25, 0.3) is 27.6 Å². The first-order valence-corrected chi connectivity index (χ1v) is 12.7. The summed E-state index contributed by atoms with van der Waals surface area (Å²) in [6.45, 7) is 6.46. The summed E-state index contributed by atoms with van der Waals surface area (Å²) in [7, 11) is 0. The fourth-order valence-corrected chi connectivity index (χ4v) is 5.10. The molecule has 2 aromatic heterocycles. The van der Waals surface area contributed by atoms with Crippen molar-refractivity contribution in [3.63, 3.8) is 0 Å². The minimum Gasteiger partial charge on any atom is -0.494 e. The second-order valence-electron chi connectivity index (χ2n) is 8.57. The summed E-state index contributed by atoms with van der Waals surface area (Å²) in [6, 6.07) is 20.9. The van der Waals surface area contributed by atoms with Crippen LogP contribution in [0.4, 0.5) is 5.69 Å². The number of H-pyrrole nitrogens is 1. The van der Waals surface area contributed by atoms with E-state index in [9.17, 15) is 9.59 Å². The fourth-order valence-electron chi connectivity index (χ4n) is 4.30. The van der Waals surface area contributed by atoms with Crippen LogP contribution in [0.5, 0.6) is 5.75 Å². The number of benzene rings is 3. The summed E-state index contributed by atoms with van der Waals surface area (Å²) in [4.78, 5) is 34.6. The quantitative estimate of drug-likeness (QED) is 0.225. The standard InChI is InChI=1S/C28H26N4O3S/c1-4-35-21-11-9-20(10-12-21)32-27(34)26-25(22-7-5-6-8-23(22)30-26)31-28(32)36-16-24(33)29-19-14-17(2)13-18(3)15-19/h5-15,30H,4,16H2,1-3H3,(H,29,33). The number of nitrogens with zero attached hydrogens (tertiary/aromatic N) is 2. The van der Waals surface area contributed by atoms with Crippen LogP contribution < -0.4 is 15.6 Å². The number of rotatable bonds is 7. The van der Waals surface area contributed by atoms with Gasteiger partial charge in [0, 0.05) is 16.6 Å². The number of amides is 1. The number of aryl methyl sites for hydroxylation is 2. The molecule has 0 aliphatic heterocycles. The van der Waals surface area contributed by atoms with E-state index in [-0.39, 0.29) is 17.2 Å². The van der Waals surface area contributed by atoms with Crippen molar-refractivity contribution in [2.45, 2.75) is 25.9 Å². The number of para-hydroxylation sites is 1. The van der Waals surface area contributed by atoms with Crippen LogP contribution in [0.1, 0.15) is 18.1 Å². The van der Waals surface area contributed by atoms with E-state index in [0.717, 1.165) is 33.5 Å². The number of carbonyl (C=O) groups is 1. The first kappa shape index (κ1) is 23.7. The second-order valence-corrected chi connectivity index (χ2v) is 9.51. The first-order valence-electron chi connectivity index (χ1n) is 11.7. The van der Waals surface area contributed by atoms with E-state index in [0.29, 0.717) is 28.5 Å². The third-order valence-electron chi connectivity index (χ3n) is 5.74. The average Bonchev–Trinajstić information content (AvgIpc) is 3.22. The molecule has 0 radical (unpaired) electrons. The molecule has 0 aliphatic carbocycles. The van der Waals surface area contributed by atoms with Gasteiger partial charge in [0.25, 0.3) is 5.56 Å². The Kier molecular flexibility index (Phi) is 6.52. The van der Waals surface area contributed by atoms with Crippen LogP contribution in [-0.2, 0) is 4.79 Å². The van der Waals surface area contributed by atoms with Gasteiger partial charge in [0.1, 0.15) is 16.8 Å². The van der Waals surface area contributed by atoms with Gasteiger partial charge in [-0.2, -0.15) is 0 Å². The third kappa shape index (κ3) is 4.72. The lowest BCUT2D eigenvalue weighted by Gasteiger charge is -2.13. The number of carbonyl (C=O) groups excluding carboxylic acids is 1. The van der Waals surface area contributed by atoms with Crippen LogP contribution >= 0.6 is 11.8 Å². The second kappa shape index (κ2) is 9.91. The van der Waals surface area contributed by atoms with Gasteiger partial charge in [0.05, 0.1) is 18.0 Å². The summed E-state index contributed by atoms with van der Waals surface area (Å²) >= 11 is 1.23. The number of thioether (sulfide) groups is 1. The number of ether oxygens (including phenoxy) is 1. The summed E-state index contributed by atoms with van der Waals surface area (Å²) in [5, 5.41) is 4.26. The lowest BCUT2D eigenvalue weighted by Crippen LogP contribution is -2.23. The van der Waals surface area contributed by atoms with Gasteiger partial charge in [0.15, 0.2) is 5.16 Å². The first-order chi connectivity index (χ1) is 17.4. The smallest absolute Gasteiger partial charge is 0.283 e. The minimum absolute atomic E-state index is 0.102. The molecule has 5 rings (SSSR count). The van der Waals surface area contributed by atoms with E-state index >= 15 is 0 Å². The molecule has 3 aromatic carbocycles. The molecule has 0 bridgehead atoms. The maximum atomic E-state index is 13.7. The SMILES string of the molecule is CCOc1ccc(-n2c(SCC(=O)Nc3cc(C)cc(C)c3)nc3c([nH]c4ccccc43)c2=O)cc1. The molecule has 2 heterocycles. The van der Waals surface area contributed by atoms with E-state index in [2.05, 4.69) is 16.4 Å². The van der Waals surface area contributed by atoms with Gasteiger partial charge in [-0.15, -0.1) is 0 Å². The predicted molar refractivity (Wildman–Crippen MR) is 146 cm³/mol. The number of aromatic amines is 1.